The van der Waals surface area contributed by atoms with Crippen LogP contribution in [0.15, 0.2) is 38.0 Å². The number of carbonyl (C=O) groups is 3. The van der Waals surface area contributed by atoms with Gasteiger partial charge >= 0.3 is 17.9 Å². The lowest BCUT2D eigenvalue weighted by molar-refractivity contribution is -0.336. The van der Waals surface area contributed by atoms with Gasteiger partial charge in [0.25, 0.3) is 0 Å². The Balaban J connectivity index is 1.95. The van der Waals surface area contributed by atoms with Crippen molar-refractivity contribution in [2.45, 2.75) is 126 Å². The minimum atomic E-state index is -0.549. The summed E-state index contributed by atoms with van der Waals surface area (Å²) in [4.78, 5) is 34.5. The summed E-state index contributed by atoms with van der Waals surface area (Å²) >= 11 is 0. The van der Waals surface area contributed by atoms with E-state index in [0.29, 0.717) is 39.6 Å². The van der Waals surface area contributed by atoms with E-state index in [1.54, 1.807) is 0 Å². The molecule has 0 aromatic carbocycles. The second-order valence-corrected chi connectivity index (χ2v) is 14.4. The molecule has 3 aliphatic rings. The molecule has 0 aromatic heterocycles. The molecule has 12 heteroatoms. The number of rotatable bonds is 28. The average Bonchev–Trinajstić information content (AvgIpc) is 3.20. The molecule has 3 saturated carbocycles. The summed E-state index contributed by atoms with van der Waals surface area (Å²) in [7, 11) is 0. The number of ether oxygens (including phenoxy) is 9. The number of hydrogen-bond acceptors (Lipinski definition) is 12. The van der Waals surface area contributed by atoms with Crippen LogP contribution in [0, 0.1) is 5.41 Å². The number of hydrogen-bond donors (Lipinski definition) is 0. The third kappa shape index (κ3) is 12.4. The van der Waals surface area contributed by atoms with Crippen molar-refractivity contribution < 1.29 is 57.0 Å². The first-order valence-corrected chi connectivity index (χ1v) is 20.3. The molecule has 3 fully saturated rings. The molecule has 0 heterocycles. The zero-order valence-corrected chi connectivity index (χ0v) is 33.1. The first-order valence-electron chi connectivity index (χ1n) is 20.3. The van der Waals surface area contributed by atoms with Crippen molar-refractivity contribution in [3.63, 3.8) is 0 Å². The maximum absolute atomic E-state index is 11.5. The van der Waals surface area contributed by atoms with Gasteiger partial charge in [-0.3, -0.25) is 0 Å². The Hall–Kier alpha value is -2.61. The summed E-state index contributed by atoms with van der Waals surface area (Å²) in [6, 6.07) is 0. The minimum absolute atomic E-state index is 0.153. The molecule has 0 atom stereocenters. The molecule has 0 spiro atoms. The molecule has 12 nitrogen and oxygen atoms in total. The van der Waals surface area contributed by atoms with Gasteiger partial charge in [-0.1, -0.05) is 84.4 Å². The summed E-state index contributed by atoms with van der Waals surface area (Å²) < 4.78 is 55.1. The van der Waals surface area contributed by atoms with Crippen LogP contribution >= 0.6 is 0 Å². The number of carbonyl (C=O) groups excluding carboxylic acids is 3. The van der Waals surface area contributed by atoms with E-state index in [0.717, 1.165) is 121 Å². The zero-order chi connectivity index (χ0) is 39.0. The maximum Gasteiger partial charge on any atom is 0.330 e. The van der Waals surface area contributed by atoms with Gasteiger partial charge in [0.05, 0.1) is 81.7 Å². The van der Waals surface area contributed by atoms with Crippen molar-refractivity contribution >= 4 is 17.9 Å². The molecule has 0 radical (unpaired) electrons. The molecule has 0 aromatic rings. The van der Waals surface area contributed by atoms with Gasteiger partial charge in [-0.05, 0) is 44.9 Å². The van der Waals surface area contributed by atoms with E-state index in [-0.39, 0.29) is 39.6 Å². The molecule has 3 rings (SSSR count). The second kappa shape index (κ2) is 24.8. The van der Waals surface area contributed by atoms with Crippen molar-refractivity contribution in [1.82, 2.24) is 0 Å². The Labute approximate surface area is 323 Å². The van der Waals surface area contributed by atoms with Gasteiger partial charge < -0.3 is 42.6 Å². The van der Waals surface area contributed by atoms with E-state index < -0.39 is 40.1 Å². The van der Waals surface area contributed by atoms with Gasteiger partial charge in [-0.2, -0.15) is 0 Å². The second-order valence-electron chi connectivity index (χ2n) is 14.4. The number of esters is 3. The van der Waals surface area contributed by atoms with Crippen LogP contribution < -0.4 is 0 Å². The van der Waals surface area contributed by atoms with Gasteiger partial charge in [0.1, 0.15) is 19.8 Å². The summed E-state index contributed by atoms with van der Waals surface area (Å²) in [5.41, 5.74) is -2.17. The molecule has 0 aliphatic heterocycles. The Morgan fingerprint density at radius 1 is 0.444 bits per heavy atom. The maximum atomic E-state index is 11.5. The standard InChI is InChI=1S/C42H68O12/c1-5-36(43)49-30-24-46-27-33-52-39(18-12-9-13-19-39)42(8-4,40(20-14-10-15-21-40)53-34-28-47-25-31-50-37(44)6-2)41(22-16-11-17-23-41)54-35-29-48-26-32-51-38(45)7-3/h5-7H,1-3,8-35H2,4H3. The van der Waals surface area contributed by atoms with E-state index in [9.17, 15) is 14.4 Å². The van der Waals surface area contributed by atoms with E-state index >= 15 is 0 Å². The molecular weight excluding hydrogens is 696 g/mol. The van der Waals surface area contributed by atoms with Gasteiger partial charge in [0, 0.05) is 18.2 Å². The van der Waals surface area contributed by atoms with Gasteiger partial charge in [-0.15, -0.1) is 0 Å². The lowest BCUT2D eigenvalue weighted by Gasteiger charge is -2.69. The molecule has 0 amide bonds. The van der Waals surface area contributed by atoms with Crippen LogP contribution in [0.3, 0.4) is 0 Å². The molecule has 0 N–H and O–H groups in total. The predicted molar refractivity (Wildman–Crippen MR) is 204 cm³/mol. The summed E-state index contributed by atoms with van der Waals surface area (Å²) in [5.74, 6) is -1.41. The predicted octanol–water partition coefficient (Wildman–Crippen LogP) is 6.78. The van der Waals surface area contributed by atoms with E-state index in [2.05, 4.69) is 26.7 Å². The fourth-order valence-corrected chi connectivity index (χ4v) is 9.64. The highest BCUT2D eigenvalue weighted by molar-refractivity contribution is 5.81. The Morgan fingerprint density at radius 3 is 0.944 bits per heavy atom. The van der Waals surface area contributed by atoms with Gasteiger partial charge in [-0.25, -0.2) is 14.4 Å². The lowest BCUT2D eigenvalue weighted by Crippen LogP contribution is -2.75. The van der Waals surface area contributed by atoms with E-state index in [4.69, 9.17) is 42.6 Å². The molecule has 308 valence electrons. The molecule has 54 heavy (non-hydrogen) atoms. The quantitative estimate of drug-likeness (QED) is 0.0360. The SMILES string of the molecule is C=CC(=O)OCCOCCOC1(C(CC)(C2(OCCOCCOC(=O)C=C)CCCCC2)C2(OCCOCCOC(=O)C=C)CCCCC2)CCCCC1. The highest BCUT2D eigenvalue weighted by Gasteiger charge is 2.72. The smallest absolute Gasteiger partial charge is 0.330 e. The largest absolute Gasteiger partial charge is 0.460 e. The van der Waals surface area contributed by atoms with Crippen LogP contribution in [0.1, 0.15) is 110 Å². The Morgan fingerprint density at radius 2 is 0.704 bits per heavy atom. The van der Waals surface area contributed by atoms with Crippen molar-refractivity contribution in [1.29, 1.82) is 0 Å². The third-order valence-corrected chi connectivity index (χ3v) is 11.6. The van der Waals surface area contributed by atoms with Gasteiger partial charge in [0.2, 0.25) is 0 Å². The van der Waals surface area contributed by atoms with Crippen molar-refractivity contribution in [3.05, 3.63) is 38.0 Å². The summed E-state index contributed by atoms with van der Waals surface area (Å²) in [5, 5.41) is 0. The fourth-order valence-electron chi connectivity index (χ4n) is 9.64. The first kappa shape index (κ1) is 45.8. The average molecular weight is 765 g/mol. The van der Waals surface area contributed by atoms with Crippen LogP contribution in [-0.2, 0) is 57.0 Å². The normalized spacial score (nSPS) is 19.3. The topological polar surface area (TPSA) is 134 Å². The zero-order valence-electron chi connectivity index (χ0n) is 33.1. The summed E-state index contributed by atoms with van der Waals surface area (Å²) in [6.07, 6.45) is 19.3. The molecule has 0 unspecified atom stereocenters. The van der Waals surface area contributed by atoms with Crippen molar-refractivity contribution in [3.8, 4) is 0 Å². The highest BCUT2D eigenvalue weighted by Crippen LogP contribution is 2.67. The summed E-state index contributed by atoms with van der Waals surface area (Å²) in [6.45, 7) is 16.2. The Kier molecular flexibility index (Phi) is 21.0. The first-order chi connectivity index (χ1) is 26.3. The molecule has 3 aliphatic carbocycles. The highest BCUT2D eigenvalue weighted by atomic mass is 16.6. The minimum Gasteiger partial charge on any atom is -0.460 e. The molecule has 0 saturated heterocycles. The van der Waals surface area contributed by atoms with Gasteiger partial charge in [0.15, 0.2) is 0 Å². The molecular formula is C42H68O12. The van der Waals surface area contributed by atoms with Crippen molar-refractivity contribution in [2.75, 3.05) is 79.3 Å². The van der Waals surface area contributed by atoms with Crippen LogP contribution in [0.5, 0.6) is 0 Å². The molecule has 0 bridgehead atoms. The van der Waals surface area contributed by atoms with Crippen molar-refractivity contribution in [2.24, 2.45) is 5.41 Å². The Bertz CT molecular complexity index is 998. The van der Waals surface area contributed by atoms with Crippen LogP contribution in [0.4, 0.5) is 0 Å². The van der Waals surface area contributed by atoms with Crippen LogP contribution in [-0.4, -0.2) is 114 Å². The fraction of sp³-hybridized carbons (Fsp3) is 0.786. The van der Waals surface area contributed by atoms with Crippen LogP contribution in [0.2, 0.25) is 0 Å². The van der Waals surface area contributed by atoms with E-state index in [1.807, 2.05) is 0 Å². The van der Waals surface area contributed by atoms with E-state index in [1.165, 1.54) is 0 Å². The third-order valence-electron chi connectivity index (χ3n) is 11.6. The lowest BCUT2D eigenvalue weighted by atomic mass is 9.44. The van der Waals surface area contributed by atoms with Crippen LogP contribution in [0.25, 0.3) is 0 Å². The monoisotopic (exact) mass is 764 g/mol.